The lowest BCUT2D eigenvalue weighted by Gasteiger charge is -2.41. The number of aryl methyl sites for hydroxylation is 1. The predicted molar refractivity (Wildman–Crippen MR) is 116 cm³/mol. The van der Waals surface area contributed by atoms with E-state index < -0.39 is 15.4 Å². The van der Waals surface area contributed by atoms with Gasteiger partial charge in [0.2, 0.25) is 5.95 Å². The van der Waals surface area contributed by atoms with Crippen LogP contribution in [0.15, 0.2) is 17.3 Å². The first-order valence-electron chi connectivity index (χ1n) is 10.6. The van der Waals surface area contributed by atoms with Crippen LogP contribution in [0.5, 0.6) is 0 Å². The first-order chi connectivity index (χ1) is 14.9. The van der Waals surface area contributed by atoms with Gasteiger partial charge in [-0.3, -0.25) is 0 Å². The largest absolute Gasteiger partial charge is 0.394 e. The Morgan fingerprint density at radius 2 is 1.90 bits per heavy atom. The van der Waals surface area contributed by atoms with Crippen molar-refractivity contribution in [2.24, 2.45) is 0 Å². The smallest absolute Gasteiger partial charge is 0.227 e. The maximum Gasteiger partial charge on any atom is 0.227 e. The SMILES string of the molecule is O=S1(=O)CCc2nc(N3CCC(c4ncc(Cl)cn4)CC3)nc(NC3(CO)CCC3)c21. The molecule has 166 valence electrons. The van der Waals surface area contributed by atoms with E-state index in [2.05, 4.69) is 30.2 Å². The van der Waals surface area contributed by atoms with Crippen molar-refractivity contribution in [3.8, 4) is 0 Å². The van der Waals surface area contributed by atoms with E-state index in [0.29, 0.717) is 28.9 Å². The van der Waals surface area contributed by atoms with Gasteiger partial charge in [0.1, 0.15) is 10.7 Å². The van der Waals surface area contributed by atoms with Gasteiger partial charge in [-0.1, -0.05) is 11.6 Å². The summed E-state index contributed by atoms with van der Waals surface area (Å²) in [7, 11) is -3.41. The fourth-order valence-electron chi connectivity index (χ4n) is 4.59. The Kier molecular flexibility index (Phi) is 5.26. The Labute approximate surface area is 186 Å². The Morgan fingerprint density at radius 3 is 2.52 bits per heavy atom. The molecule has 0 unspecified atom stereocenters. The van der Waals surface area contributed by atoms with E-state index in [0.717, 1.165) is 51.0 Å². The summed E-state index contributed by atoms with van der Waals surface area (Å²) in [4.78, 5) is 20.3. The third kappa shape index (κ3) is 3.85. The van der Waals surface area contributed by atoms with Crippen molar-refractivity contribution < 1.29 is 13.5 Å². The highest BCUT2D eigenvalue weighted by atomic mass is 35.5. The van der Waals surface area contributed by atoms with E-state index in [4.69, 9.17) is 11.6 Å². The van der Waals surface area contributed by atoms with Gasteiger partial charge in [0.05, 0.1) is 28.6 Å². The van der Waals surface area contributed by atoms with Crippen LogP contribution in [-0.4, -0.2) is 64.4 Å². The number of nitrogens with zero attached hydrogens (tertiary/aromatic N) is 5. The van der Waals surface area contributed by atoms with Crippen LogP contribution in [0.1, 0.15) is 49.5 Å². The predicted octanol–water partition coefficient (Wildman–Crippen LogP) is 1.96. The van der Waals surface area contributed by atoms with Gasteiger partial charge >= 0.3 is 0 Å². The molecule has 1 saturated carbocycles. The van der Waals surface area contributed by atoms with Crippen LogP contribution in [0.3, 0.4) is 0 Å². The van der Waals surface area contributed by atoms with Gasteiger partial charge in [0.15, 0.2) is 15.7 Å². The normalized spacial score (nSPS) is 22.1. The Bertz CT molecular complexity index is 1080. The van der Waals surface area contributed by atoms with E-state index in [9.17, 15) is 13.5 Å². The molecule has 5 rings (SSSR count). The Balaban J connectivity index is 1.40. The summed E-state index contributed by atoms with van der Waals surface area (Å²) < 4.78 is 25.3. The number of aliphatic hydroxyl groups excluding tert-OH is 1. The molecule has 0 atom stereocenters. The number of aromatic nitrogens is 4. The first kappa shape index (κ1) is 20.8. The van der Waals surface area contributed by atoms with Crippen molar-refractivity contribution in [2.45, 2.75) is 54.9 Å². The van der Waals surface area contributed by atoms with Gasteiger partial charge in [-0.05, 0) is 32.1 Å². The maximum absolute atomic E-state index is 12.6. The number of sulfone groups is 1. The number of hydrogen-bond acceptors (Lipinski definition) is 9. The molecule has 2 N–H and O–H groups in total. The van der Waals surface area contributed by atoms with Crippen LogP contribution in [0.2, 0.25) is 5.02 Å². The second-order valence-corrected chi connectivity index (χ2v) is 11.1. The van der Waals surface area contributed by atoms with Gasteiger partial charge in [-0.2, -0.15) is 4.98 Å². The zero-order valence-electron chi connectivity index (χ0n) is 17.1. The van der Waals surface area contributed by atoms with E-state index in [1.807, 2.05) is 0 Å². The van der Waals surface area contributed by atoms with E-state index in [1.54, 1.807) is 12.4 Å². The molecule has 1 saturated heterocycles. The quantitative estimate of drug-likeness (QED) is 0.683. The number of halogens is 1. The molecule has 11 heteroatoms. The summed E-state index contributed by atoms with van der Waals surface area (Å²) in [6, 6.07) is 0. The summed E-state index contributed by atoms with van der Waals surface area (Å²) in [5.41, 5.74) is 0.0826. The van der Waals surface area contributed by atoms with Crippen LogP contribution < -0.4 is 10.2 Å². The Hall–Kier alpha value is -2.04. The lowest BCUT2D eigenvalue weighted by molar-refractivity contribution is 0.143. The van der Waals surface area contributed by atoms with Crippen LogP contribution >= 0.6 is 11.6 Å². The molecule has 2 aliphatic heterocycles. The average molecular weight is 465 g/mol. The molecule has 0 aromatic carbocycles. The van der Waals surface area contributed by atoms with E-state index >= 15 is 0 Å². The number of piperidine rings is 1. The molecule has 0 spiro atoms. The summed E-state index contributed by atoms with van der Waals surface area (Å²) in [6.45, 7) is 1.41. The molecule has 0 amide bonds. The highest BCUT2D eigenvalue weighted by Gasteiger charge is 2.41. The highest BCUT2D eigenvalue weighted by Crippen LogP contribution is 2.39. The highest BCUT2D eigenvalue weighted by molar-refractivity contribution is 7.91. The topological polar surface area (TPSA) is 121 Å². The minimum atomic E-state index is -3.41. The Morgan fingerprint density at radius 1 is 1.19 bits per heavy atom. The van der Waals surface area contributed by atoms with Crippen molar-refractivity contribution >= 4 is 33.2 Å². The molecule has 9 nitrogen and oxygen atoms in total. The molecular weight excluding hydrogens is 440 g/mol. The number of rotatable bonds is 5. The number of hydrogen-bond donors (Lipinski definition) is 2. The van der Waals surface area contributed by atoms with Crippen LogP contribution in [-0.2, 0) is 16.3 Å². The molecule has 2 fully saturated rings. The first-order valence-corrected chi connectivity index (χ1v) is 12.7. The number of aliphatic hydroxyl groups is 1. The van der Waals surface area contributed by atoms with Crippen molar-refractivity contribution in [2.75, 3.05) is 35.7 Å². The van der Waals surface area contributed by atoms with Crippen molar-refractivity contribution in [3.05, 3.63) is 28.9 Å². The van der Waals surface area contributed by atoms with Crippen LogP contribution in [0.25, 0.3) is 0 Å². The van der Waals surface area contributed by atoms with Gasteiger partial charge in [0, 0.05) is 37.8 Å². The zero-order valence-corrected chi connectivity index (χ0v) is 18.7. The monoisotopic (exact) mass is 464 g/mol. The minimum absolute atomic E-state index is 0.0480. The molecule has 2 aromatic heterocycles. The van der Waals surface area contributed by atoms with Crippen molar-refractivity contribution in [1.82, 2.24) is 19.9 Å². The molecular formula is C20H25ClN6O3S. The lowest BCUT2D eigenvalue weighted by Crippen LogP contribution is -2.49. The molecule has 2 aromatic rings. The standard InChI is InChI=1S/C20H25ClN6O3S/c21-14-10-22-17(23-11-14)13-2-7-27(8-3-13)19-24-15-4-9-31(29,30)16(15)18(25-19)26-20(12-28)5-1-6-20/h10-11,13,28H,1-9,12H2,(H,24,25,26). The molecule has 31 heavy (non-hydrogen) atoms. The lowest BCUT2D eigenvalue weighted by atomic mass is 9.77. The fourth-order valence-corrected chi connectivity index (χ4v) is 6.25. The summed E-state index contributed by atoms with van der Waals surface area (Å²) in [5, 5.41) is 13.7. The molecule has 3 aliphatic rings. The van der Waals surface area contributed by atoms with Crippen molar-refractivity contribution in [3.63, 3.8) is 0 Å². The van der Waals surface area contributed by atoms with E-state index in [1.165, 1.54) is 0 Å². The third-order valence-corrected chi connectivity index (χ3v) is 8.61. The van der Waals surface area contributed by atoms with Gasteiger partial charge < -0.3 is 15.3 Å². The average Bonchev–Trinajstić information content (AvgIpc) is 3.06. The number of anilines is 2. The third-order valence-electron chi connectivity index (χ3n) is 6.62. The van der Waals surface area contributed by atoms with Crippen LogP contribution in [0.4, 0.5) is 11.8 Å². The molecule has 4 heterocycles. The molecule has 0 bridgehead atoms. The summed E-state index contributed by atoms with van der Waals surface area (Å²) in [6.07, 6.45) is 7.93. The fraction of sp³-hybridized carbons (Fsp3) is 0.600. The minimum Gasteiger partial charge on any atom is -0.394 e. The van der Waals surface area contributed by atoms with Gasteiger partial charge in [0.25, 0.3) is 0 Å². The van der Waals surface area contributed by atoms with Gasteiger partial charge in [-0.15, -0.1) is 0 Å². The van der Waals surface area contributed by atoms with E-state index in [-0.39, 0.29) is 23.2 Å². The number of fused-ring (bicyclic) bond motifs is 1. The summed E-state index contributed by atoms with van der Waals surface area (Å²) in [5.74, 6) is 1.98. The van der Waals surface area contributed by atoms with Crippen LogP contribution in [0, 0.1) is 0 Å². The molecule has 0 radical (unpaired) electrons. The second-order valence-electron chi connectivity index (χ2n) is 8.65. The van der Waals surface area contributed by atoms with Gasteiger partial charge in [-0.25, -0.2) is 23.4 Å². The number of nitrogens with one attached hydrogen (secondary N) is 1. The second kappa shape index (κ2) is 7.83. The van der Waals surface area contributed by atoms with Crippen molar-refractivity contribution in [1.29, 1.82) is 0 Å². The molecule has 1 aliphatic carbocycles. The maximum atomic E-state index is 12.6. The zero-order chi connectivity index (χ0) is 21.6. The summed E-state index contributed by atoms with van der Waals surface area (Å²) >= 11 is 5.89.